The lowest BCUT2D eigenvalue weighted by Crippen LogP contribution is -2.40. The number of rotatable bonds is 2. The third-order valence-electron chi connectivity index (χ3n) is 3.73. The first-order valence-electron chi connectivity index (χ1n) is 7.12. The number of guanidine groups is 1. The highest BCUT2D eigenvalue weighted by Crippen LogP contribution is 2.24. The molecule has 1 aliphatic heterocycles. The van der Waals surface area contributed by atoms with Gasteiger partial charge in [0.25, 0.3) is 0 Å². The Kier molecular flexibility index (Phi) is 3.69. The highest BCUT2D eigenvalue weighted by molar-refractivity contribution is 5.90. The lowest BCUT2D eigenvalue weighted by Gasteiger charge is -2.26. The molecule has 1 aromatic heterocycles. The summed E-state index contributed by atoms with van der Waals surface area (Å²) in [5.74, 6) is 0.712. The maximum Gasteiger partial charge on any atom is 0.200 e. The third kappa shape index (κ3) is 2.79. The summed E-state index contributed by atoms with van der Waals surface area (Å²) in [6.07, 6.45) is 7.09. The standard InChI is InChI=1S/C16H17N5/c1-11-10-19-16(20-12-5-4-6-12)21-15(11)13(9-17)14-7-2-3-8-18-14/h2-3,7-8,10,12H,4-6H2,1H3,(H2,19,20,21)/b15-13-. The average molecular weight is 279 g/mol. The second-order valence-corrected chi connectivity index (χ2v) is 5.24. The van der Waals surface area contributed by atoms with Crippen molar-refractivity contribution in [1.29, 1.82) is 5.26 Å². The molecule has 1 fully saturated rings. The molecule has 2 aliphatic rings. The Morgan fingerprint density at radius 1 is 1.43 bits per heavy atom. The quantitative estimate of drug-likeness (QED) is 0.815. The maximum absolute atomic E-state index is 9.50. The van der Waals surface area contributed by atoms with Crippen LogP contribution in [0.15, 0.2) is 46.9 Å². The molecule has 5 heteroatoms. The zero-order chi connectivity index (χ0) is 14.7. The summed E-state index contributed by atoms with van der Waals surface area (Å²) in [5, 5.41) is 15.9. The van der Waals surface area contributed by atoms with Crippen LogP contribution in [-0.2, 0) is 0 Å². The van der Waals surface area contributed by atoms with Crippen molar-refractivity contribution in [3.63, 3.8) is 0 Å². The molecule has 0 amide bonds. The normalized spacial score (nSPS) is 22.5. The van der Waals surface area contributed by atoms with Crippen LogP contribution in [-0.4, -0.2) is 17.0 Å². The molecule has 2 heterocycles. The van der Waals surface area contributed by atoms with E-state index in [1.807, 2.05) is 31.3 Å². The average Bonchev–Trinajstić information content (AvgIpc) is 2.48. The largest absolute Gasteiger partial charge is 0.332 e. The van der Waals surface area contributed by atoms with Gasteiger partial charge in [0.05, 0.1) is 17.4 Å². The molecule has 5 nitrogen and oxygen atoms in total. The highest BCUT2D eigenvalue weighted by Gasteiger charge is 2.21. The number of allylic oxidation sites excluding steroid dienone is 2. The van der Waals surface area contributed by atoms with Crippen molar-refractivity contribution in [2.45, 2.75) is 32.2 Å². The van der Waals surface area contributed by atoms with E-state index in [1.165, 1.54) is 6.42 Å². The van der Waals surface area contributed by atoms with E-state index in [1.54, 1.807) is 6.20 Å². The molecule has 0 atom stereocenters. The van der Waals surface area contributed by atoms with Gasteiger partial charge in [-0.3, -0.25) is 4.98 Å². The minimum absolute atomic E-state index is 0.397. The fourth-order valence-corrected chi connectivity index (χ4v) is 2.28. The van der Waals surface area contributed by atoms with Gasteiger partial charge in [0, 0.05) is 12.4 Å². The molecule has 0 saturated heterocycles. The fraction of sp³-hybridized carbons (Fsp3) is 0.312. The first-order valence-corrected chi connectivity index (χ1v) is 7.12. The van der Waals surface area contributed by atoms with Gasteiger partial charge in [-0.25, -0.2) is 4.99 Å². The van der Waals surface area contributed by atoms with Gasteiger partial charge in [-0.15, -0.1) is 0 Å². The van der Waals surface area contributed by atoms with Crippen molar-refractivity contribution in [3.05, 3.63) is 47.6 Å². The predicted molar refractivity (Wildman–Crippen MR) is 81.9 cm³/mol. The molecule has 0 unspecified atom stereocenters. The number of aliphatic imine (C=N–C) groups is 1. The Labute approximate surface area is 124 Å². The molecule has 106 valence electrons. The molecular formula is C16H17N5. The van der Waals surface area contributed by atoms with E-state index in [4.69, 9.17) is 0 Å². The SMILES string of the molecule is CC1=CNC(=NC2CCC2)N/C1=C(/C#N)c1ccccn1. The van der Waals surface area contributed by atoms with Crippen LogP contribution in [0.25, 0.3) is 5.57 Å². The van der Waals surface area contributed by atoms with Crippen LogP contribution in [0.4, 0.5) is 0 Å². The van der Waals surface area contributed by atoms with Crippen LogP contribution in [0.5, 0.6) is 0 Å². The van der Waals surface area contributed by atoms with Crippen LogP contribution >= 0.6 is 0 Å². The fourth-order valence-electron chi connectivity index (χ4n) is 2.28. The lowest BCUT2D eigenvalue weighted by atomic mass is 9.94. The molecule has 0 bridgehead atoms. The molecule has 1 aromatic rings. The van der Waals surface area contributed by atoms with Gasteiger partial charge in [-0.1, -0.05) is 6.07 Å². The Hall–Kier alpha value is -2.61. The number of nitriles is 1. The predicted octanol–water partition coefficient (Wildman–Crippen LogP) is 2.32. The van der Waals surface area contributed by atoms with Crippen LogP contribution in [0.3, 0.4) is 0 Å². The Balaban J connectivity index is 1.96. The Bertz CT molecular complexity index is 660. The highest BCUT2D eigenvalue weighted by atomic mass is 15.2. The van der Waals surface area contributed by atoms with Gasteiger partial charge in [-0.2, -0.15) is 5.26 Å². The number of hydrogen-bond acceptors (Lipinski definition) is 3. The summed E-state index contributed by atoms with van der Waals surface area (Å²) in [7, 11) is 0. The van der Waals surface area contributed by atoms with Crippen LogP contribution in [0.2, 0.25) is 0 Å². The van der Waals surface area contributed by atoms with Gasteiger partial charge in [0.15, 0.2) is 5.96 Å². The van der Waals surface area contributed by atoms with Crippen molar-refractivity contribution in [2.24, 2.45) is 4.99 Å². The van der Waals surface area contributed by atoms with Crippen LogP contribution in [0, 0.1) is 11.3 Å². The number of aromatic nitrogens is 1. The van der Waals surface area contributed by atoms with Crippen molar-refractivity contribution in [1.82, 2.24) is 15.6 Å². The molecule has 1 saturated carbocycles. The van der Waals surface area contributed by atoms with E-state index in [0.717, 1.165) is 24.1 Å². The number of hydrogen-bond donors (Lipinski definition) is 2. The smallest absolute Gasteiger partial charge is 0.200 e. The molecule has 1 aliphatic carbocycles. The van der Waals surface area contributed by atoms with E-state index in [0.29, 0.717) is 23.3 Å². The van der Waals surface area contributed by atoms with E-state index < -0.39 is 0 Å². The molecule has 2 N–H and O–H groups in total. The lowest BCUT2D eigenvalue weighted by molar-refractivity contribution is 0.418. The second-order valence-electron chi connectivity index (χ2n) is 5.24. The first-order chi connectivity index (χ1) is 10.3. The van der Waals surface area contributed by atoms with Crippen molar-refractivity contribution in [2.75, 3.05) is 0 Å². The van der Waals surface area contributed by atoms with Crippen molar-refractivity contribution >= 4 is 11.5 Å². The molecular weight excluding hydrogens is 262 g/mol. The maximum atomic E-state index is 9.50. The van der Waals surface area contributed by atoms with Crippen LogP contribution < -0.4 is 10.6 Å². The zero-order valence-electron chi connectivity index (χ0n) is 11.9. The number of nitrogens with one attached hydrogen (secondary N) is 2. The molecule has 0 aromatic carbocycles. The summed E-state index contributed by atoms with van der Waals surface area (Å²) in [4.78, 5) is 8.89. The first kappa shape index (κ1) is 13.4. The number of nitrogens with zero attached hydrogens (tertiary/aromatic N) is 3. The van der Waals surface area contributed by atoms with Gasteiger partial charge < -0.3 is 10.6 Å². The van der Waals surface area contributed by atoms with E-state index in [9.17, 15) is 5.26 Å². The van der Waals surface area contributed by atoms with Gasteiger partial charge in [0.2, 0.25) is 0 Å². The molecule has 21 heavy (non-hydrogen) atoms. The summed E-state index contributed by atoms with van der Waals surface area (Å²) >= 11 is 0. The van der Waals surface area contributed by atoms with E-state index >= 15 is 0 Å². The molecule has 3 rings (SSSR count). The van der Waals surface area contributed by atoms with Gasteiger partial charge in [0.1, 0.15) is 11.6 Å². The summed E-state index contributed by atoms with van der Waals surface area (Å²) < 4.78 is 0. The number of pyridine rings is 1. The monoisotopic (exact) mass is 279 g/mol. The molecule has 0 radical (unpaired) electrons. The summed E-state index contributed by atoms with van der Waals surface area (Å²) in [6.45, 7) is 1.95. The Morgan fingerprint density at radius 2 is 2.29 bits per heavy atom. The van der Waals surface area contributed by atoms with Gasteiger partial charge >= 0.3 is 0 Å². The second kappa shape index (κ2) is 5.80. The topological polar surface area (TPSA) is 73.1 Å². The third-order valence-corrected chi connectivity index (χ3v) is 3.73. The summed E-state index contributed by atoms with van der Waals surface area (Å²) in [6, 6.07) is 8.20. The summed E-state index contributed by atoms with van der Waals surface area (Å²) in [5.41, 5.74) is 2.94. The van der Waals surface area contributed by atoms with Crippen molar-refractivity contribution in [3.8, 4) is 6.07 Å². The van der Waals surface area contributed by atoms with E-state index in [-0.39, 0.29) is 0 Å². The minimum atomic E-state index is 0.397. The van der Waals surface area contributed by atoms with Crippen LogP contribution in [0.1, 0.15) is 31.9 Å². The van der Waals surface area contributed by atoms with Gasteiger partial charge in [-0.05, 0) is 43.9 Å². The van der Waals surface area contributed by atoms with Crippen molar-refractivity contribution < 1.29 is 0 Å². The minimum Gasteiger partial charge on any atom is -0.332 e. The zero-order valence-corrected chi connectivity index (χ0v) is 11.9. The Morgan fingerprint density at radius 3 is 2.90 bits per heavy atom. The van der Waals surface area contributed by atoms with E-state index in [2.05, 4.69) is 26.7 Å². The molecule has 0 spiro atoms.